The molecule has 1 aliphatic heterocycles. The van der Waals surface area contributed by atoms with E-state index in [1.807, 2.05) is 23.6 Å². The standard InChI is InChI=1S/C15H15BrN2OS/c16-13-4-6-20-14(13)9-18-15(19)11-2-1-10-3-5-17-8-12(10)7-11/h1-2,4,6-7,17H,3,5,8-9H2,(H,18,19). The van der Waals surface area contributed by atoms with E-state index >= 15 is 0 Å². The third-order valence-electron chi connectivity index (χ3n) is 3.46. The highest BCUT2D eigenvalue weighted by atomic mass is 79.9. The average Bonchev–Trinajstić information content (AvgIpc) is 2.89. The second-order valence-corrected chi connectivity index (χ2v) is 6.64. The zero-order valence-corrected chi connectivity index (χ0v) is 13.3. The summed E-state index contributed by atoms with van der Waals surface area (Å²) in [5, 5.41) is 8.31. The number of benzene rings is 1. The molecule has 0 bridgehead atoms. The van der Waals surface area contributed by atoms with E-state index in [4.69, 9.17) is 0 Å². The van der Waals surface area contributed by atoms with E-state index in [1.54, 1.807) is 11.3 Å². The Morgan fingerprint density at radius 1 is 1.35 bits per heavy atom. The first-order valence-corrected chi connectivity index (χ1v) is 8.24. The summed E-state index contributed by atoms with van der Waals surface area (Å²) in [5.74, 6) is -0.0151. The van der Waals surface area contributed by atoms with Crippen LogP contribution in [-0.4, -0.2) is 12.5 Å². The molecular formula is C15H15BrN2OS. The summed E-state index contributed by atoms with van der Waals surface area (Å²) >= 11 is 5.11. The lowest BCUT2D eigenvalue weighted by Crippen LogP contribution is -2.26. The van der Waals surface area contributed by atoms with Crippen LogP contribution in [0.2, 0.25) is 0 Å². The highest BCUT2D eigenvalue weighted by Crippen LogP contribution is 2.22. The van der Waals surface area contributed by atoms with E-state index in [9.17, 15) is 4.79 Å². The maximum atomic E-state index is 12.2. The number of rotatable bonds is 3. The quantitative estimate of drug-likeness (QED) is 0.892. The van der Waals surface area contributed by atoms with Crippen LogP contribution in [0.15, 0.2) is 34.1 Å². The molecule has 1 aliphatic rings. The third-order valence-corrected chi connectivity index (χ3v) is 5.38. The molecule has 2 heterocycles. The summed E-state index contributed by atoms with van der Waals surface area (Å²) < 4.78 is 1.05. The van der Waals surface area contributed by atoms with Crippen molar-refractivity contribution in [2.75, 3.05) is 6.54 Å². The molecule has 1 aromatic heterocycles. The van der Waals surface area contributed by atoms with Gasteiger partial charge in [-0.1, -0.05) is 6.07 Å². The molecule has 0 radical (unpaired) electrons. The number of hydrogen-bond donors (Lipinski definition) is 2. The Hall–Kier alpha value is -1.17. The van der Waals surface area contributed by atoms with Crippen molar-refractivity contribution in [2.24, 2.45) is 0 Å². The molecule has 2 N–H and O–H groups in total. The van der Waals surface area contributed by atoms with Gasteiger partial charge in [-0.25, -0.2) is 0 Å². The summed E-state index contributed by atoms with van der Waals surface area (Å²) in [4.78, 5) is 13.3. The Kier molecular flexibility index (Phi) is 4.19. The van der Waals surface area contributed by atoms with Crippen molar-refractivity contribution in [1.82, 2.24) is 10.6 Å². The van der Waals surface area contributed by atoms with Gasteiger partial charge in [-0.05, 0) is 63.6 Å². The topological polar surface area (TPSA) is 41.1 Å². The second-order valence-electron chi connectivity index (χ2n) is 4.78. The molecule has 2 aromatic rings. The van der Waals surface area contributed by atoms with Crippen LogP contribution in [0.5, 0.6) is 0 Å². The van der Waals surface area contributed by atoms with Crippen molar-refractivity contribution in [3.63, 3.8) is 0 Å². The maximum Gasteiger partial charge on any atom is 0.251 e. The summed E-state index contributed by atoms with van der Waals surface area (Å²) in [6, 6.07) is 7.99. The van der Waals surface area contributed by atoms with Gasteiger partial charge >= 0.3 is 0 Å². The lowest BCUT2D eigenvalue weighted by Gasteiger charge is -2.17. The van der Waals surface area contributed by atoms with Crippen molar-refractivity contribution in [1.29, 1.82) is 0 Å². The molecule has 3 rings (SSSR count). The predicted molar refractivity (Wildman–Crippen MR) is 85.0 cm³/mol. The van der Waals surface area contributed by atoms with Crippen LogP contribution < -0.4 is 10.6 Å². The van der Waals surface area contributed by atoms with E-state index in [-0.39, 0.29) is 5.91 Å². The lowest BCUT2D eigenvalue weighted by molar-refractivity contribution is 0.0951. The van der Waals surface area contributed by atoms with Gasteiger partial charge in [-0.15, -0.1) is 11.3 Å². The first kappa shape index (κ1) is 13.8. The normalized spacial score (nSPS) is 13.8. The van der Waals surface area contributed by atoms with Gasteiger partial charge in [0.2, 0.25) is 0 Å². The minimum atomic E-state index is -0.0151. The Morgan fingerprint density at radius 2 is 2.25 bits per heavy atom. The highest BCUT2D eigenvalue weighted by Gasteiger charge is 2.12. The molecule has 0 atom stereocenters. The molecular weight excluding hydrogens is 336 g/mol. The van der Waals surface area contributed by atoms with Crippen LogP contribution in [0.3, 0.4) is 0 Å². The van der Waals surface area contributed by atoms with Crippen molar-refractivity contribution >= 4 is 33.2 Å². The number of carbonyl (C=O) groups is 1. The van der Waals surface area contributed by atoms with E-state index in [1.165, 1.54) is 11.1 Å². The monoisotopic (exact) mass is 350 g/mol. The van der Waals surface area contributed by atoms with Gasteiger partial charge in [0.15, 0.2) is 0 Å². The zero-order chi connectivity index (χ0) is 13.9. The van der Waals surface area contributed by atoms with Gasteiger partial charge in [-0.3, -0.25) is 4.79 Å². The van der Waals surface area contributed by atoms with E-state index in [0.29, 0.717) is 6.54 Å². The minimum Gasteiger partial charge on any atom is -0.347 e. The van der Waals surface area contributed by atoms with E-state index < -0.39 is 0 Å². The minimum absolute atomic E-state index is 0.0151. The first-order valence-electron chi connectivity index (χ1n) is 6.56. The van der Waals surface area contributed by atoms with Gasteiger partial charge in [0.1, 0.15) is 0 Å². The van der Waals surface area contributed by atoms with Crippen LogP contribution in [-0.2, 0) is 19.5 Å². The number of thiophene rings is 1. The summed E-state index contributed by atoms with van der Waals surface area (Å²) in [5.41, 5.74) is 3.32. The molecule has 104 valence electrons. The second kappa shape index (κ2) is 6.08. The van der Waals surface area contributed by atoms with Gasteiger partial charge in [0, 0.05) is 21.5 Å². The van der Waals surface area contributed by atoms with E-state index in [0.717, 1.165) is 34.4 Å². The number of nitrogens with one attached hydrogen (secondary N) is 2. The molecule has 20 heavy (non-hydrogen) atoms. The van der Waals surface area contributed by atoms with Crippen LogP contribution in [0, 0.1) is 0 Å². The van der Waals surface area contributed by atoms with Gasteiger partial charge in [-0.2, -0.15) is 0 Å². The van der Waals surface area contributed by atoms with Crippen molar-refractivity contribution < 1.29 is 4.79 Å². The number of halogens is 1. The smallest absolute Gasteiger partial charge is 0.251 e. The number of amides is 1. The van der Waals surface area contributed by atoms with Crippen LogP contribution in [0.4, 0.5) is 0 Å². The Balaban J connectivity index is 1.69. The molecule has 0 saturated carbocycles. The third kappa shape index (κ3) is 2.95. The van der Waals surface area contributed by atoms with Gasteiger partial charge in [0.05, 0.1) is 6.54 Å². The molecule has 0 aliphatic carbocycles. The highest BCUT2D eigenvalue weighted by molar-refractivity contribution is 9.10. The Labute approximate surface area is 130 Å². The fourth-order valence-corrected chi connectivity index (χ4v) is 3.77. The van der Waals surface area contributed by atoms with Crippen LogP contribution in [0.1, 0.15) is 26.4 Å². The molecule has 5 heteroatoms. The molecule has 0 unspecified atom stereocenters. The SMILES string of the molecule is O=C(NCc1sccc1Br)c1ccc2c(c1)CNCC2. The number of carbonyl (C=O) groups excluding carboxylic acids is 1. The van der Waals surface area contributed by atoms with Crippen molar-refractivity contribution in [3.05, 3.63) is 55.7 Å². The Morgan fingerprint density at radius 3 is 3.05 bits per heavy atom. The molecule has 3 nitrogen and oxygen atoms in total. The molecule has 0 saturated heterocycles. The van der Waals surface area contributed by atoms with Gasteiger partial charge in [0.25, 0.3) is 5.91 Å². The lowest BCUT2D eigenvalue weighted by atomic mass is 9.98. The summed E-state index contributed by atoms with van der Waals surface area (Å²) in [6.07, 6.45) is 1.04. The summed E-state index contributed by atoms with van der Waals surface area (Å²) in [6.45, 7) is 2.43. The molecule has 0 spiro atoms. The van der Waals surface area contributed by atoms with Crippen LogP contribution >= 0.6 is 27.3 Å². The zero-order valence-electron chi connectivity index (χ0n) is 10.9. The molecule has 0 fully saturated rings. The number of hydrogen-bond acceptors (Lipinski definition) is 3. The predicted octanol–water partition coefficient (Wildman–Crippen LogP) is 3.09. The van der Waals surface area contributed by atoms with Gasteiger partial charge < -0.3 is 10.6 Å². The first-order chi connectivity index (χ1) is 9.74. The molecule has 1 aromatic carbocycles. The van der Waals surface area contributed by atoms with E-state index in [2.05, 4.69) is 32.6 Å². The summed E-state index contributed by atoms with van der Waals surface area (Å²) in [7, 11) is 0. The van der Waals surface area contributed by atoms with Crippen molar-refractivity contribution in [3.8, 4) is 0 Å². The number of fused-ring (bicyclic) bond motifs is 1. The molecule has 1 amide bonds. The van der Waals surface area contributed by atoms with Crippen molar-refractivity contribution in [2.45, 2.75) is 19.5 Å². The van der Waals surface area contributed by atoms with Crippen LogP contribution in [0.25, 0.3) is 0 Å². The Bertz CT molecular complexity index is 639. The fourth-order valence-electron chi connectivity index (χ4n) is 2.34. The fraction of sp³-hybridized carbons (Fsp3) is 0.267. The largest absolute Gasteiger partial charge is 0.347 e. The maximum absolute atomic E-state index is 12.2. The average molecular weight is 351 g/mol.